The average molecular weight is 221 g/mol. The van der Waals surface area contributed by atoms with Crippen molar-refractivity contribution in [2.24, 2.45) is 11.7 Å². The molecule has 1 aliphatic carbocycles. The number of carboxylic acid groups (broad SMARTS) is 1. The first-order valence-corrected chi connectivity index (χ1v) is 5.31. The fraction of sp³-hybridized carbons (Fsp3) is 0.417. The van der Waals surface area contributed by atoms with Gasteiger partial charge in [0.05, 0.1) is 5.41 Å². The van der Waals surface area contributed by atoms with Gasteiger partial charge in [0.25, 0.3) is 0 Å². The van der Waals surface area contributed by atoms with Gasteiger partial charge in [-0.15, -0.1) is 0 Å². The molecule has 0 unspecified atom stereocenters. The fourth-order valence-corrected chi connectivity index (χ4v) is 2.43. The Kier molecular flexibility index (Phi) is 2.59. The van der Waals surface area contributed by atoms with Crippen LogP contribution in [0.3, 0.4) is 0 Å². The van der Waals surface area contributed by atoms with Gasteiger partial charge in [0.1, 0.15) is 5.75 Å². The first kappa shape index (κ1) is 11.0. The molecule has 0 saturated heterocycles. The fourth-order valence-electron chi connectivity index (χ4n) is 2.43. The van der Waals surface area contributed by atoms with Crippen molar-refractivity contribution >= 4 is 5.97 Å². The number of aromatic hydroxyl groups is 1. The monoisotopic (exact) mass is 221 g/mol. The van der Waals surface area contributed by atoms with E-state index in [1.807, 2.05) is 0 Å². The second kappa shape index (κ2) is 3.79. The molecule has 1 aromatic carbocycles. The number of rotatable bonds is 3. The minimum absolute atomic E-state index is 0.106. The lowest BCUT2D eigenvalue weighted by atomic mass is 9.58. The van der Waals surface area contributed by atoms with Crippen molar-refractivity contribution in [3.05, 3.63) is 29.8 Å². The Hall–Kier alpha value is -1.55. The van der Waals surface area contributed by atoms with E-state index < -0.39 is 11.4 Å². The summed E-state index contributed by atoms with van der Waals surface area (Å²) < 4.78 is 0. The number of phenols is 1. The molecule has 0 amide bonds. The van der Waals surface area contributed by atoms with Crippen LogP contribution in [0.1, 0.15) is 18.4 Å². The van der Waals surface area contributed by atoms with Crippen molar-refractivity contribution in [3.8, 4) is 5.75 Å². The number of nitrogens with two attached hydrogens (primary N) is 1. The lowest BCUT2D eigenvalue weighted by molar-refractivity contribution is -0.149. The molecule has 0 heterocycles. The van der Waals surface area contributed by atoms with E-state index in [9.17, 15) is 15.0 Å². The van der Waals surface area contributed by atoms with Crippen molar-refractivity contribution in [1.29, 1.82) is 0 Å². The molecule has 1 aliphatic rings. The Bertz CT molecular complexity index is 410. The maximum Gasteiger partial charge on any atom is 0.314 e. The summed E-state index contributed by atoms with van der Waals surface area (Å²) in [5, 5.41) is 18.7. The van der Waals surface area contributed by atoms with Crippen LogP contribution >= 0.6 is 0 Å². The van der Waals surface area contributed by atoms with Gasteiger partial charge < -0.3 is 15.9 Å². The summed E-state index contributed by atoms with van der Waals surface area (Å²) >= 11 is 0. The van der Waals surface area contributed by atoms with Gasteiger partial charge in [-0.3, -0.25) is 4.79 Å². The van der Waals surface area contributed by atoms with Crippen LogP contribution in [0.2, 0.25) is 0 Å². The number of hydrogen-bond donors (Lipinski definition) is 3. The lowest BCUT2D eigenvalue weighted by Crippen LogP contribution is -2.49. The van der Waals surface area contributed by atoms with Crippen LogP contribution in [0.4, 0.5) is 0 Å². The van der Waals surface area contributed by atoms with Crippen molar-refractivity contribution in [2.45, 2.75) is 18.3 Å². The predicted molar refractivity (Wildman–Crippen MR) is 59.2 cm³/mol. The predicted octanol–water partition coefficient (Wildman–Crippen LogP) is 1.08. The summed E-state index contributed by atoms with van der Waals surface area (Å²) in [7, 11) is 0. The quantitative estimate of drug-likeness (QED) is 0.713. The highest BCUT2D eigenvalue weighted by molar-refractivity contribution is 5.83. The molecule has 0 aromatic heterocycles. The van der Waals surface area contributed by atoms with Crippen molar-refractivity contribution in [2.75, 3.05) is 6.54 Å². The zero-order chi connectivity index (χ0) is 11.8. The molecule has 1 fully saturated rings. The molecule has 16 heavy (non-hydrogen) atoms. The van der Waals surface area contributed by atoms with E-state index in [4.69, 9.17) is 5.73 Å². The second-order valence-electron chi connectivity index (χ2n) is 4.45. The largest absolute Gasteiger partial charge is 0.508 e. The minimum Gasteiger partial charge on any atom is -0.508 e. The summed E-state index contributed by atoms with van der Waals surface area (Å²) in [6.45, 7) is 0.522. The molecule has 4 nitrogen and oxygen atoms in total. The van der Waals surface area contributed by atoms with Crippen LogP contribution in [0.15, 0.2) is 24.3 Å². The number of carbonyl (C=O) groups is 1. The molecular weight excluding hydrogens is 206 g/mol. The third-order valence-corrected chi connectivity index (χ3v) is 3.42. The molecule has 0 aliphatic heterocycles. The Morgan fingerprint density at radius 1 is 1.50 bits per heavy atom. The van der Waals surface area contributed by atoms with Gasteiger partial charge in [-0.25, -0.2) is 0 Å². The van der Waals surface area contributed by atoms with E-state index in [0.717, 1.165) is 0 Å². The third-order valence-electron chi connectivity index (χ3n) is 3.42. The Morgan fingerprint density at radius 2 is 2.19 bits per heavy atom. The van der Waals surface area contributed by atoms with Crippen LogP contribution in [0, 0.1) is 5.92 Å². The molecule has 4 N–H and O–H groups in total. The number of benzene rings is 1. The molecule has 0 bridgehead atoms. The first-order chi connectivity index (χ1) is 7.58. The van der Waals surface area contributed by atoms with Crippen LogP contribution in [0.5, 0.6) is 5.75 Å². The molecule has 2 rings (SSSR count). The maximum absolute atomic E-state index is 11.4. The van der Waals surface area contributed by atoms with Gasteiger partial charge in [-0.05, 0) is 43.0 Å². The summed E-state index contributed by atoms with van der Waals surface area (Å²) in [5.74, 6) is -0.449. The van der Waals surface area contributed by atoms with Crippen LogP contribution in [-0.2, 0) is 10.2 Å². The molecule has 1 saturated carbocycles. The zero-order valence-corrected chi connectivity index (χ0v) is 8.89. The van der Waals surface area contributed by atoms with Gasteiger partial charge in [0.15, 0.2) is 0 Å². The lowest BCUT2D eigenvalue weighted by Gasteiger charge is -2.44. The van der Waals surface area contributed by atoms with E-state index in [1.54, 1.807) is 12.1 Å². The molecule has 0 spiro atoms. The van der Waals surface area contributed by atoms with Crippen molar-refractivity contribution in [3.63, 3.8) is 0 Å². The standard InChI is InChI=1S/C12H15NO3/c13-7-8-5-12(6-8,11(15)16)9-2-1-3-10(14)4-9/h1-4,8,14H,5-7,13H2,(H,15,16). The molecule has 0 radical (unpaired) electrons. The average Bonchev–Trinajstić information content (AvgIpc) is 2.16. The van der Waals surface area contributed by atoms with Crippen LogP contribution < -0.4 is 5.73 Å². The Balaban J connectivity index is 2.32. The zero-order valence-electron chi connectivity index (χ0n) is 8.89. The maximum atomic E-state index is 11.4. The van der Waals surface area contributed by atoms with Crippen molar-refractivity contribution in [1.82, 2.24) is 0 Å². The SMILES string of the molecule is NCC1CC(C(=O)O)(c2cccc(O)c2)C1. The molecular formula is C12H15NO3. The van der Waals surface area contributed by atoms with E-state index in [-0.39, 0.29) is 11.7 Å². The summed E-state index contributed by atoms with van der Waals surface area (Å²) in [6, 6.07) is 6.49. The first-order valence-electron chi connectivity index (χ1n) is 5.31. The highest BCUT2D eigenvalue weighted by Gasteiger charge is 2.51. The number of carboxylic acids is 1. The highest BCUT2D eigenvalue weighted by atomic mass is 16.4. The van der Waals surface area contributed by atoms with E-state index in [2.05, 4.69) is 0 Å². The number of aliphatic carboxylic acids is 1. The van der Waals surface area contributed by atoms with E-state index in [1.165, 1.54) is 12.1 Å². The Morgan fingerprint density at radius 3 is 2.69 bits per heavy atom. The Labute approximate surface area is 93.7 Å². The third kappa shape index (κ3) is 1.55. The van der Waals surface area contributed by atoms with Gasteiger partial charge in [0, 0.05) is 0 Å². The van der Waals surface area contributed by atoms with E-state index >= 15 is 0 Å². The number of phenolic OH excluding ortho intramolecular Hbond substituents is 1. The van der Waals surface area contributed by atoms with Gasteiger partial charge in [-0.1, -0.05) is 12.1 Å². The van der Waals surface area contributed by atoms with Gasteiger partial charge >= 0.3 is 5.97 Å². The summed E-state index contributed by atoms with van der Waals surface area (Å²) in [5.41, 5.74) is 5.35. The van der Waals surface area contributed by atoms with Crippen molar-refractivity contribution < 1.29 is 15.0 Å². The topological polar surface area (TPSA) is 83.6 Å². The van der Waals surface area contributed by atoms with Crippen LogP contribution in [0.25, 0.3) is 0 Å². The van der Waals surface area contributed by atoms with Gasteiger partial charge in [0.2, 0.25) is 0 Å². The molecule has 4 heteroatoms. The number of hydrogen-bond acceptors (Lipinski definition) is 3. The van der Waals surface area contributed by atoms with Gasteiger partial charge in [-0.2, -0.15) is 0 Å². The normalized spacial score (nSPS) is 28.4. The minimum atomic E-state index is -0.844. The second-order valence-corrected chi connectivity index (χ2v) is 4.45. The summed E-state index contributed by atoms with van der Waals surface area (Å²) in [4.78, 5) is 11.4. The smallest absolute Gasteiger partial charge is 0.314 e. The van der Waals surface area contributed by atoms with Crippen LogP contribution in [-0.4, -0.2) is 22.7 Å². The highest BCUT2D eigenvalue weighted by Crippen LogP contribution is 2.48. The molecule has 86 valence electrons. The molecule has 1 aromatic rings. The molecule has 0 atom stereocenters. The van der Waals surface area contributed by atoms with E-state index in [0.29, 0.717) is 24.9 Å². The summed E-state index contributed by atoms with van der Waals surface area (Å²) in [6.07, 6.45) is 1.12.